The molecule has 8 heteroatoms. The zero-order valence-corrected chi connectivity index (χ0v) is 20.9. The minimum atomic E-state index is -0.608. The topological polar surface area (TPSA) is 127 Å². The Bertz CT molecular complexity index is 1040. The molecule has 0 aromatic heterocycles. The third kappa shape index (κ3) is 7.15. The van der Waals surface area contributed by atoms with Crippen LogP contribution in [-0.4, -0.2) is 34.7 Å². The van der Waals surface area contributed by atoms with Gasteiger partial charge in [0, 0.05) is 24.0 Å². The molecule has 0 saturated carbocycles. The number of aromatic hydroxyl groups is 2. The first-order valence-electron chi connectivity index (χ1n) is 11.2. The third-order valence-electron chi connectivity index (χ3n) is 5.32. The van der Waals surface area contributed by atoms with Gasteiger partial charge in [-0.1, -0.05) is 41.5 Å². The van der Waals surface area contributed by atoms with Crippen molar-refractivity contribution in [3.05, 3.63) is 46.5 Å². The molecule has 0 fully saturated rings. The van der Waals surface area contributed by atoms with Gasteiger partial charge in [-0.05, 0) is 41.5 Å². The highest BCUT2D eigenvalue weighted by atomic mass is 16.5. The van der Waals surface area contributed by atoms with Crippen molar-refractivity contribution >= 4 is 24.5 Å². The SMILES string of the molecule is CC(C)(C)c1cc(OC(=O)CCCC(=O)Oc2cc(C=O)c(O)c(C(C)(C)C)c2)cc(C=O)c1O. The van der Waals surface area contributed by atoms with Crippen molar-refractivity contribution in [3.8, 4) is 23.0 Å². The third-order valence-corrected chi connectivity index (χ3v) is 5.32. The highest BCUT2D eigenvalue weighted by Crippen LogP contribution is 2.37. The second kappa shape index (κ2) is 10.7. The molecular formula is C27H32O8. The number of hydrogen-bond acceptors (Lipinski definition) is 8. The molecule has 0 atom stereocenters. The Labute approximate surface area is 204 Å². The van der Waals surface area contributed by atoms with E-state index in [1.165, 1.54) is 24.3 Å². The number of carbonyl (C=O) groups is 4. The second-order valence-corrected chi connectivity index (χ2v) is 10.4. The lowest BCUT2D eigenvalue weighted by atomic mass is 9.85. The molecule has 2 aromatic carbocycles. The van der Waals surface area contributed by atoms with Gasteiger partial charge >= 0.3 is 11.9 Å². The van der Waals surface area contributed by atoms with Crippen LogP contribution in [0.15, 0.2) is 24.3 Å². The summed E-state index contributed by atoms with van der Waals surface area (Å²) in [6.07, 6.45) is 0.956. The average molecular weight is 485 g/mol. The predicted molar refractivity (Wildman–Crippen MR) is 130 cm³/mol. The van der Waals surface area contributed by atoms with E-state index in [4.69, 9.17) is 9.47 Å². The van der Waals surface area contributed by atoms with Crippen molar-refractivity contribution in [2.24, 2.45) is 0 Å². The van der Waals surface area contributed by atoms with E-state index in [1.54, 1.807) is 0 Å². The Morgan fingerprint density at radius 2 is 1.06 bits per heavy atom. The summed E-state index contributed by atoms with van der Waals surface area (Å²) in [4.78, 5) is 47.1. The van der Waals surface area contributed by atoms with Gasteiger partial charge in [-0.3, -0.25) is 19.2 Å². The van der Waals surface area contributed by atoms with Crippen LogP contribution in [0, 0.1) is 0 Å². The number of carbonyl (C=O) groups excluding carboxylic acids is 4. The number of aldehydes is 2. The van der Waals surface area contributed by atoms with E-state index in [2.05, 4.69) is 0 Å². The van der Waals surface area contributed by atoms with E-state index in [1.807, 2.05) is 41.5 Å². The lowest BCUT2D eigenvalue weighted by Crippen LogP contribution is -2.15. The summed E-state index contributed by atoms with van der Waals surface area (Å²) in [7, 11) is 0. The highest BCUT2D eigenvalue weighted by molar-refractivity contribution is 5.83. The molecule has 0 bridgehead atoms. The van der Waals surface area contributed by atoms with E-state index in [-0.39, 0.29) is 53.4 Å². The summed E-state index contributed by atoms with van der Waals surface area (Å²) in [5, 5.41) is 20.5. The normalized spacial score (nSPS) is 11.6. The van der Waals surface area contributed by atoms with Crippen molar-refractivity contribution in [2.75, 3.05) is 0 Å². The first-order valence-corrected chi connectivity index (χ1v) is 11.2. The fraction of sp³-hybridized carbons (Fsp3) is 0.407. The lowest BCUT2D eigenvalue weighted by Gasteiger charge is -2.22. The maximum Gasteiger partial charge on any atom is 0.311 e. The van der Waals surface area contributed by atoms with Crippen LogP contribution in [0.25, 0.3) is 0 Å². The van der Waals surface area contributed by atoms with Crippen molar-refractivity contribution in [1.82, 2.24) is 0 Å². The summed E-state index contributed by atoms with van der Waals surface area (Å²) < 4.78 is 10.6. The van der Waals surface area contributed by atoms with Crippen LogP contribution >= 0.6 is 0 Å². The number of benzene rings is 2. The van der Waals surface area contributed by atoms with Crippen molar-refractivity contribution in [2.45, 2.75) is 71.6 Å². The molecule has 2 rings (SSSR count). The van der Waals surface area contributed by atoms with Crippen molar-refractivity contribution in [1.29, 1.82) is 0 Å². The Kier molecular flexibility index (Phi) is 8.44. The Morgan fingerprint density at radius 3 is 1.34 bits per heavy atom. The molecule has 2 aromatic rings. The standard InChI is InChI=1S/C27H32O8/c1-26(2,3)20-12-18(10-16(14-28)24(20)32)34-22(30)8-7-9-23(31)35-19-11-17(15-29)25(33)21(13-19)27(4,5)6/h10-15,32-33H,7-9H2,1-6H3. The van der Waals surface area contributed by atoms with Gasteiger partial charge in [-0.2, -0.15) is 0 Å². The number of phenolic OH excluding ortho intramolecular Hbond substituents is 2. The van der Waals surface area contributed by atoms with E-state index in [0.717, 1.165) is 0 Å². The van der Waals surface area contributed by atoms with Crippen LogP contribution in [0.5, 0.6) is 23.0 Å². The summed E-state index contributed by atoms with van der Waals surface area (Å²) in [6, 6.07) is 5.59. The van der Waals surface area contributed by atoms with Gasteiger partial charge in [0.05, 0.1) is 11.1 Å². The number of esters is 2. The molecule has 0 saturated heterocycles. The second-order valence-electron chi connectivity index (χ2n) is 10.4. The molecule has 0 aliphatic rings. The molecule has 8 nitrogen and oxygen atoms in total. The van der Waals surface area contributed by atoms with Crippen LogP contribution in [0.2, 0.25) is 0 Å². The van der Waals surface area contributed by atoms with E-state index in [9.17, 15) is 29.4 Å². The molecule has 2 N–H and O–H groups in total. The van der Waals surface area contributed by atoms with Crippen LogP contribution in [-0.2, 0) is 20.4 Å². The van der Waals surface area contributed by atoms with Gasteiger partial charge in [0.25, 0.3) is 0 Å². The minimum absolute atomic E-state index is 0.0158. The maximum absolute atomic E-state index is 12.3. The van der Waals surface area contributed by atoms with E-state index >= 15 is 0 Å². The first-order chi connectivity index (χ1) is 16.2. The number of rotatable bonds is 8. The quantitative estimate of drug-likeness (QED) is 0.304. The van der Waals surface area contributed by atoms with Crippen molar-refractivity contribution < 1.29 is 38.9 Å². The fourth-order valence-electron chi connectivity index (χ4n) is 3.44. The Balaban J connectivity index is 2.01. The fourth-order valence-corrected chi connectivity index (χ4v) is 3.44. The zero-order chi connectivity index (χ0) is 26.6. The molecule has 0 aliphatic heterocycles. The molecule has 0 unspecified atom stereocenters. The summed E-state index contributed by atoms with van der Waals surface area (Å²) >= 11 is 0. The van der Waals surface area contributed by atoms with Crippen LogP contribution in [0.4, 0.5) is 0 Å². The predicted octanol–water partition coefficient (Wildman–Crippen LogP) is 5.00. The maximum atomic E-state index is 12.3. The molecule has 188 valence electrons. The van der Waals surface area contributed by atoms with Gasteiger partial charge in [-0.25, -0.2) is 0 Å². The summed E-state index contributed by atoms with van der Waals surface area (Å²) in [5.74, 6) is -1.27. The summed E-state index contributed by atoms with van der Waals surface area (Å²) in [6.45, 7) is 11.1. The van der Waals surface area contributed by atoms with Crippen LogP contribution in [0.3, 0.4) is 0 Å². The smallest absolute Gasteiger partial charge is 0.311 e. The molecular weight excluding hydrogens is 452 g/mol. The van der Waals surface area contributed by atoms with Crippen molar-refractivity contribution in [3.63, 3.8) is 0 Å². The van der Waals surface area contributed by atoms with Crippen LogP contribution < -0.4 is 9.47 Å². The lowest BCUT2D eigenvalue weighted by molar-refractivity contribution is -0.136. The largest absolute Gasteiger partial charge is 0.507 e. The van der Waals surface area contributed by atoms with Crippen LogP contribution in [0.1, 0.15) is 92.6 Å². The zero-order valence-electron chi connectivity index (χ0n) is 20.9. The average Bonchev–Trinajstić information content (AvgIpc) is 2.74. The van der Waals surface area contributed by atoms with E-state index in [0.29, 0.717) is 23.7 Å². The molecule has 0 radical (unpaired) electrons. The summed E-state index contributed by atoms with van der Waals surface area (Å²) in [5.41, 5.74) is -0.0140. The number of ether oxygens (including phenoxy) is 2. The highest BCUT2D eigenvalue weighted by Gasteiger charge is 2.24. The Hall–Kier alpha value is -3.68. The van der Waals surface area contributed by atoms with Gasteiger partial charge in [0.1, 0.15) is 23.0 Å². The Morgan fingerprint density at radius 1 is 0.714 bits per heavy atom. The van der Waals surface area contributed by atoms with Gasteiger partial charge in [0.2, 0.25) is 0 Å². The minimum Gasteiger partial charge on any atom is -0.507 e. The first kappa shape index (κ1) is 27.6. The molecule has 35 heavy (non-hydrogen) atoms. The van der Waals surface area contributed by atoms with E-state index < -0.39 is 22.8 Å². The number of phenols is 2. The molecule has 0 heterocycles. The molecule has 0 amide bonds. The van der Waals surface area contributed by atoms with Gasteiger partial charge in [-0.15, -0.1) is 0 Å². The number of hydrogen-bond donors (Lipinski definition) is 2. The monoisotopic (exact) mass is 484 g/mol. The van der Waals surface area contributed by atoms with Gasteiger partial charge < -0.3 is 19.7 Å². The molecule has 0 aliphatic carbocycles. The molecule has 0 spiro atoms. The van der Waals surface area contributed by atoms with Gasteiger partial charge in [0.15, 0.2) is 12.6 Å².